The van der Waals surface area contributed by atoms with Crippen LogP contribution in [-0.4, -0.2) is 64.1 Å². The fraction of sp³-hybridized carbons (Fsp3) is 0.769. The van der Waals surface area contributed by atoms with Gasteiger partial charge in [-0.15, -0.1) is 0 Å². The summed E-state index contributed by atoms with van der Waals surface area (Å²) >= 11 is 0. The van der Waals surface area contributed by atoms with E-state index in [2.05, 4.69) is 0 Å². The normalized spacial score (nSPS) is 26.8. The highest BCUT2D eigenvalue weighted by atomic mass is 16.5. The predicted octanol–water partition coefficient (Wildman–Crippen LogP) is -1.93. The van der Waals surface area contributed by atoms with E-state index in [1.165, 1.54) is 0 Å². The number of carbonyl (C=O) groups excluding carboxylic acids is 2. The molecule has 0 aliphatic carbocycles. The van der Waals surface area contributed by atoms with Gasteiger partial charge in [0.25, 0.3) is 0 Å². The minimum atomic E-state index is -2.35. The van der Waals surface area contributed by atoms with Crippen LogP contribution in [0.15, 0.2) is 0 Å². The van der Waals surface area contributed by atoms with Crippen LogP contribution in [-0.2, 0) is 14.4 Å². The van der Waals surface area contributed by atoms with Crippen LogP contribution in [0.5, 0.6) is 0 Å². The largest absolute Gasteiger partial charge is 0.479 e. The third-order valence-corrected chi connectivity index (χ3v) is 4.14. The van der Waals surface area contributed by atoms with Crippen molar-refractivity contribution in [1.82, 2.24) is 5.06 Å². The second-order valence-electron chi connectivity index (χ2n) is 5.46. The molecule has 0 aromatic carbocycles. The first-order chi connectivity index (χ1) is 10.3. The maximum absolute atomic E-state index is 12.6. The number of hydrogen-bond acceptors (Lipinski definition) is 8. The fourth-order valence-electron chi connectivity index (χ4n) is 2.94. The standard InChI is InChI=1S/C13H24N4O5/c14-5-2-1-3-9(16)11(19)13(12(20)21)8(10(18)7-15)4-6-17(13)22/h8-9,22H,1-7,14-16H2,(H,20,21). The summed E-state index contributed by atoms with van der Waals surface area (Å²) in [6.07, 6.45) is 1.48. The molecule has 126 valence electrons. The van der Waals surface area contributed by atoms with E-state index in [1.807, 2.05) is 0 Å². The zero-order chi connectivity index (χ0) is 16.9. The van der Waals surface area contributed by atoms with Crippen molar-refractivity contribution in [1.29, 1.82) is 0 Å². The number of rotatable bonds is 9. The first kappa shape index (κ1) is 18.7. The van der Waals surface area contributed by atoms with Crippen LogP contribution in [0.25, 0.3) is 0 Å². The minimum absolute atomic E-state index is 0.0418. The molecule has 1 aliphatic rings. The first-order valence-electron chi connectivity index (χ1n) is 7.26. The van der Waals surface area contributed by atoms with E-state index in [0.717, 1.165) is 0 Å². The third kappa shape index (κ3) is 3.18. The molecule has 9 heteroatoms. The molecule has 3 unspecified atom stereocenters. The lowest BCUT2D eigenvalue weighted by molar-refractivity contribution is -0.194. The lowest BCUT2D eigenvalue weighted by atomic mass is 9.76. The maximum atomic E-state index is 12.6. The number of hydrogen-bond donors (Lipinski definition) is 5. The molecule has 1 saturated heterocycles. The number of nitrogens with zero attached hydrogens (tertiary/aromatic N) is 1. The van der Waals surface area contributed by atoms with Gasteiger partial charge in [-0.3, -0.25) is 9.59 Å². The molecular weight excluding hydrogens is 292 g/mol. The molecule has 0 aromatic rings. The van der Waals surface area contributed by atoms with Crippen molar-refractivity contribution in [2.45, 2.75) is 37.3 Å². The summed E-state index contributed by atoms with van der Waals surface area (Å²) in [5.41, 5.74) is 14.1. The quantitative estimate of drug-likeness (QED) is 0.240. The molecule has 9 nitrogen and oxygen atoms in total. The van der Waals surface area contributed by atoms with Crippen LogP contribution >= 0.6 is 0 Å². The second kappa shape index (κ2) is 7.75. The monoisotopic (exact) mass is 316 g/mol. The van der Waals surface area contributed by atoms with Gasteiger partial charge < -0.3 is 27.5 Å². The van der Waals surface area contributed by atoms with Crippen molar-refractivity contribution in [3.63, 3.8) is 0 Å². The van der Waals surface area contributed by atoms with Gasteiger partial charge in [0.2, 0.25) is 5.54 Å². The van der Waals surface area contributed by atoms with Crippen LogP contribution in [0.3, 0.4) is 0 Å². The Labute approximate surface area is 128 Å². The summed E-state index contributed by atoms with van der Waals surface area (Å²) in [7, 11) is 0. The molecule has 0 saturated carbocycles. The number of carbonyl (C=O) groups is 3. The number of unbranched alkanes of at least 4 members (excludes halogenated alkanes) is 1. The Morgan fingerprint density at radius 3 is 2.41 bits per heavy atom. The molecule has 1 aliphatic heterocycles. The highest BCUT2D eigenvalue weighted by molar-refractivity contribution is 6.14. The molecule has 0 spiro atoms. The van der Waals surface area contributed by atoms with E-state index in [9.17, 15) is 24.7 Å². The summed E-state index contributed by atoms with van der Waals surface area (Å²) in [6.45, 7) is -0.0708. The van der Waals surface area contributed by atoms with Gasteiger partial charge in [0.1, 0.15) is 0 Å². The first-order valence-corrected chi connectivity index (χ1v) is 7.26. The SMILES string of the molecule is NCCCCC(N)C(=O)C1(C(=O)O)C(C(=O)CN)CCN1O. The van der Waals surface area contributed by atoms with E-state index in [0.29, 0.717) is 24.4 Å². The molecular formula is C13H24N4O5. The number of carboxylic acids is 1. The summed E-state index contributed by atoms with van der Waals surface area (Å²) in [5.74, 6) is -4.24. The Balaban J connectivity index is 3.10. The Morgan fingerprint density at radius 2 is 1.91 bits per heavy atom. The van der Waals surface area contributed by atoms with Gasteiger partial charge >= 0.3 is 5.97 Å². The van der Waals surface area contributed by atoms with Crippen molar-refractivity contribution in [3.8, 4) is 0 Å². The van der Waals surface area contributed by atoms with Crippen molar-refractivity contribution in [3.05, 3.63) is 0 Å². The summed E-state index contributed by atoms with van der Waals surface area (Å²) < 4.78 is 0. The highest BCUT2D eigenvalue weighted by Crippen LogP contribution is 2.36. The Kier molecular flexibility index (Phi) is 6.57. The number of nitrogens with two attached hydrogens (primary N) is 3. The summed E-state index contributed by atoms with van der Waals surface area (Å²) in [6, 6.07) is -1.09. The topological polar surface area (TPSA) is 173 Å². The molecule has 8 N–H and O–H groups in total. The number of ketones is 2. The third-order valence-electron chi connectivity index (χ3n) is 4.14. The van der Waals surface area contributed by atoms with Crippen molar-refractivity contribution in [2.75, 3.05) is 19.6 Å². The molecule has 3 atom stereocenters. The van der Waals surface area contributed by atoms with Gasteiger partial charge in [-0.05, 0) is 25.8 Å². The summed E-state index contributed by atoms with van der Waals surface area (Å²) in [4.78, 5) is 36.3. The molecule has 0 amide bonds. The molecule has 1 rings (SSSR count). The molecule has 0 radical (unpaired) electrons. The van der Waals surface area contributed by atoms with Gasteiger partial charge in [0.05, 0.1) is 18.5 Å². The average molecular weight is 316 g/mol. The molecule has 22 heavy (non-hydrogen) atoms. The van der Waals surface area contributed by atoms with Crippen molar-refractivity contribution < 1.29 is 24.7 Å². The molecule has 0 bridgehead atoms. The van der Waals surface area contributed by atoms with Crippen LogP contribution in [0.2, 0.25) is 0 Å². The van der Waals surface area contributed by atoms with E-state index >= 15 is 0 Å². The van der Waals surface area contributed by atoms with E-state index < -0.39 is 41.6 Å². The lowest BCUT2D eigenvalue weighted by Crippen LogP contribution is -2.65. The number of carboxylic acid groups (broad SMARTS) is 1. The van der Waals surface area contributed by atoms with Gasteiger partial charge in [0.15, 0.2) is 11.6 Å². The molecule has 1 fully saturated rings. The van der Waals surface area contributed by atoms with Crippen LogP contribution < -0.4 is 17.2 Å². The summed E-state index contributed by atoms with van der Waals surface area (Å²) in [5, 5.41) is 19.9. The lowest BCUT2D eigenvalue weighted by Gasteiger charge is -2.34. The number of aliphatic carboxylic acids is 1. The van der Waals surface area contributed by atoms with Crippen LogP contribution in [0.1, 0.15) is 25.7 Å². The molecule has 0 aromatic heterocycles. The zero-order valence-corrected chi connectivity index (χ0v) is 12.4. The van der Waals surface area contributed by atoms with Crippen molar-refractivity contribution in [2.24, 2.45) is 23.1 Å². The Bertz CT molecular complexity index is 444. The fourth-order valence-corrected chi connectivity index (χ4v) is 2.94. The van der Waals surface area contributed by atoms with Crippen molar-refractivity contribution >= 4 is 17.5 Å². The average Bonchev–Trinajstić information content (AvgIpc) is 2.84. The molecule has 1 heterocycles. The second-order valence-corrected chi connectivity index (χ2v) is 5.46. The van der Waals surface area contributed by atoms with Gasteiger partial charge in [-0.2, -0.15) is 5.06 Å². The number of hydroxylamine groups is 2. The van der Waals surface area contributed by atoms with E-state index in [4.69, 9.17) is 17.2 Å². The predicted molar refractivity (Wildman–Crippen MR) is 76.9 cm³/mol. The van der Waals surface area contributed by atoms with E-state index in [-0.39, 0.29) is 19.4 Å². The smallest absolute Gasteiger partial charge is 0.335 e. The van der Waals surface area contributed by atoms with E-state index in [1.54, 1.807) is 0 Å². The highest BCUT2D eigenvalue weighted by Gasteiger charge is 2.63. The van der Waals surface area contributed by atoms with Gasteiger partial charge in [0, 0.05) is 6.54 Å². The Hall–Kier alpha value is -1.39. The minimum Gasteiger partial charge on any atom is -0.479 e. The zero-order valence-electron chi connectivity index (χ0n) is 12.4. The maximum Gasteiger partial charge on any atom is 0.335 e. The number of Topliss-reactive ketones (excluding diaryl/α,β-unsaturated/α-hetero) is 2. The van der Waals surface area contributed by atoms with Crippen LogP contribution in [0.4, 0.5) is 0 Å². The van der Waals surface area contributed by atoms with Gasteiger partial charge in [-0.1, -0.05) is 6.42 Å². The van der Waals surface area contributed by atoms with Gasteiger partial charge in [-0.25, -0.2) is 4.79 Å². The van der Waals surface area contributed by atoms with Crippen LogP contribution in [0, 0.1) is 5.92 Å². The Morgan fingerprint density at radius 1 is 1.27 bits per heavy atom.